The summed E-state index contributed by atoms with van der Waals surface area (Å²) in [5.41, 5.74) is 0.682. The minimum Gasteiger partial charge on any atom is -0.507 e. The van der Waals surface area contributed by atoms with E-state index in [2.05, 4.69) is 5.32 Å². The van der Waals surface area contributed by atoms with E-state index in [1.54, 1.807) is 25.2 Å². The molecule has 0 fully saturated rings. The Kier molecular flexibility index (Phi) is 2.68. The molecule has 6 heteroatoms. The van der Waals surface area contributed by atoms with Crippen LogP contribution in [0, 0.1) is 0 Å². The molecule has 5 nitrogen and oxygen atoms in total. The van der Waals surface area contributed by atoms with Crippen LogP contribution in [0.15, 0.2) is 35.2 Å². The van der Waals surface area contributed by atoms with Crippen LogP contribution in [0.1, 0.15) is 0 Å². The van der Waals surface area contributed by atoms with Crippen LogP contribution >= 0.6 is 0 Å². The monoisotopic (exact) mass is 253 g/mol. The predicted molar refractivity (Wildman–Crippen MR) is 65.0 cm³/mol. The van der Waals surface area contributed by atoms with Gasteiger partial charge >= 0.3 is 0 Å². The quantitative estimate of drug-likeness (QED) is 0.711. The SMILES string of the molecule is CNc1cccc2cc(S(=O)(=O)O)cc(O)c12. The van der Waals surface area contributed by atoms with Crippen LogP contribution in [-0.4, -0.2) is 25.1 Å². The van der Waals surface area contributed by atoms with Crippen molar-refractivity contribution in [2.75, 3.05) is 12.4 Å². The molecule has 0 heterocycles. The topological polar surface area (TPSA) is 86.6 Å². The Balaban J connectivity index is 2.86. The van der Waals surface area contributed by atoms with Gasteiger partial charge in [-0.15, -0.1) is 0 Å². The lowest BCUT2D eigenvalue weighted by Crippen LogP contribution is -1.98. The molecule has 2 aromatic rings. The Bertz CT molecular complexity index is 679. The second-order valence-electron chi connectivity index (χ2n) is 3.57. The number of hydrogen-bond acceptors (Lipinski definition) is 4. The molecule has 0 aromatic heterocycles. The molecule has 0 bridgehead atoms. The fraction of sp³-hybridized carbons (Fsp3) is 0.0909. The van der Waals surface area contributed by atoms with Crippen LogP contribution in [-0.2, 0) is 10.1 Å². The number of hydrogen-bond donors (Lipinski definition) is 3. The van der Waals surface area contributed by atoms with E-state index in [1.165, 1.54) is 6.07 Å². The average molecular weight is 253 g/mol. The summed E-state index contributed by atoms with van der Waals surface area (Å²) in [5, 5.41) is 13.8. The molecule has 3 N–H and O–H groups in total. The maximum Gasteiger partial charge on any atom is 0.294 e. The Labute approximate surface area is 98.5 Å². The normalized spacial score (nSPS) is 11.6. The van der Waals surface area contributed by atoms with Crippen LogP contribution in [0.5, 0.6) is 5.75 Å². The molecule has 0 aliphatic rings. The molecule has 0 radical (unpaired) electrons. The maximum atomic E-state index is 11.0. The van der Waals surface area contributed by atoms with Gasteiger partial charge in [-0.1, -0.05) is 12.1 Å². The van der Waals surface area contributed by atoms with Gasteiger partial charge < -0.3 is 10.4 Å². The van der Waals surface area contributed by atoms with Crippen molar-refractivity contribution >= 4 is 26.6 Å². The first-order valence-corrected chi connectivity index (χ1v) is 6.28. The third-order valence-electron chi connectivity index (χ3n) is 2.50. The van der Waals surface area contributed by atoms with E-state index >= 15 is 0 Å². The Hall–Kier alpha value is -1.79. The maximum absolute atomic E-state index is 11.0. The van der Waals surface area contributed by atoms with E-state index in [0.717, 1.165) is 6.07 Å². The third-order valence-corrected chi connectivity index (χ3v) is 3.33. The third kappa shape index (κ3) is 2.04. The second kappa shape index (κ2) is 3.90. The Morgan fingerprint density at radius 1 is 1.24 bits per heavy atom. The fourth-order valence-corrected chi connectivity index (χ4v) is 2.27. The smallest absolute Gasteiger partial charge is 0.294 e. The van der Waals surface area contributed by atoms with Gasteiger partial charge in [0.15, 0.2) is 0 Å². The van der Waals surface area contributed by atoms with Crippen LogP contribution in [0.3, 0.4) is 0 Å². The first-order chi connectivity index (χ1) is 7.93. The summed E-state index contributed by atoms with van der Waals surface area (Å²) in [4.78, 5) is -0.323. The summed E-state index contributed by atoms with van der Waals surface area (Å²) >= 11 is 0. The van der Waals surface area contributed by atoms with Gasteiger partial charge in [0.1, 0.15) is 5.75 Å². The lowest BCUT2D eigenvalue weighted by Gasteiger charge is -2.09. The predicted octanol–water partition coefficient (Wildman–Crippen LogP) is 1.83. The Morgan fingerprint density at radius 2 is 1.94 bits per heavy atom. The summed E-state index contributed by atoms with van der Waals surface area (Å²) in [5.74, 6) is -0.194. The minimum atomic E-state index is -4.32. The number of anilines is 1. The van der Waals surface area contributed by atoms with Gasteiger partial charge in [-0.3, -0.25) is 4.55 Å². The molecular formula is C11H11NO4S. The zero-order chi connectivity index (χ0) is 12.6. The van der Waals surface area contributed by atoms with Gasteiger partial charge in [0.05, 0.1) is 4.90 Å². The highest BCUT2D eigenvalue weighted by Crippen LogP contribution is 2.33. The highest BCUT2D eigenvalue weighted by atomic mass is 32.2. The molecule has 0 aliphatic heterocycles. The largest absolute Gasteiger partial charge is 0.507 e. The molecule has 0 spiro atoms. The molecule has 0 saturated heterocycles. The summed E-state index contributed by atoms with van der Waals surface area (Å²) in [6.45, 7) is 0. The lowest BCUT2D eigenvalue weighted by molar-refractivity contribution is 0.471. The molecule has 2 rings (SSSR count). The van der Waals surface area contributed by atoms with Crippen LogP contribution < -0.4 is 5.32 Å². The van der Waals surface area contributed by atoms with E-state index in [1.807, 2.05) is 0 Å². The molecule has 2 aromatic carbocycles. The van der Waals surface area contributed by atoms with Crippen molar-refractivity contribution in [3.63, 3.8) is 0 Å². The molecule has 17 heavy (non-hydrogen) atoms. The van der Waals surface area contributed by atoms with E-state index in [4.69, 9.17) is 4.55 Å². The number of phenolic OH excluding ortho intramolecular Hbond substituents is 1. The zero-order valence-electron chi connectivity index (χ0n) is 9.01. The van der Waals surface area contributed by atoms with Gasteiger partial charge in [0, 0.05) is 24.2 Å². The van der Waals surface area contributed by atoms with E-state index < -0.39 is 10.1 Å². The fourth-order valence-electron chi connectivity index (χ4n) is 1.74. The van der Waals surface area contributed by atoms with Gasteiger partial charge in [-0.2, -0.15) is 8.42 Å². The molecule has 0 amide bonds. The van der Waals surface area contributed by atoms with Crippen molar-refractivity contribution in [1.29, 1.82) is 0 Å². The highest BCUT2D eigenvalue weighted by Gasteiger charge is 2.14. The molecule has 0 saturated carbocycles. The van der Waals surface area contributed by atoms with Crippen LogP contribution in [0.2, 0.25) is 0 Å². The van der Waals surface area contributed by atoms with Crippen molar-refractivity contribution in [1.82, 2.24) is 0 Å². The van der Waals surface area contributed by atoms with E-state index in [0.29, 0.717) is 16.5 Å². The molecule has 90 valence electrons. The zero-order valence-corrected chi connectivity index (χ0v) is 9.82. The molecule has 0 aliphatic carbocycles. The minimum absolute atomic E-state index is 0.194. The molecular weight excluding hydrogens is 242 g/mol. The number of nitrogens with one attached hydrogen (secondary N) is 1. The van der Waals surface area contributed by atoms with Crippen LogP contribution in [0.25, 0.3) is 10.8 Å². The summed E-state index contributed by atoms with van der Waals surface area (Å²) in [6.07, 6.45) is 0. The number of phenols is 1. The average Bonchev–Trinajstić information content (AvgIpc) is 2.26. The summed E-state index contributed by atoms with van der Waals surface area (Å²) in [7, 11) is -2.62. The van der Waals surface area contributed by atoms with Gasteiger partial charge in [0.25, 0.3) is 10.1 Å². The molecule has 0 unspecified atom stereocenters. The Morgan fingerprint density at radius 3 is 2.53 bits per heavy atom. The van der Waals surface area contributed by atoms with Crippen molar-refractivity contribution in [2.45, 2.75) is 4.90 Å². The van der Waals surface area contributed by atoms with Gasteiger partial charge in [-0.05, 0) is 17.5 Å². The number of fused-ring (bicyclic) bond motifs is 1. The van der Waals surface area contributed by atoms with E-state index in [-0.39, 0.29) is 10.6 Å². The standard InChI is InChI=1S/C11H11NO4S/c1-12-9-4-2-3-7-5-8(17(14,15)16)6-10(13)11(7)9/h2-6,12-13H,1H3,(H,14,15,16). The van der Waals surface area contributed by atoms with Crippen molar-refractivity contribution in [2.24, 2.45) is 0 Å². The first-order valence-electron chi connectivity index (χ1n) is 4.84. The van der Waals surface area contributed by atoms with Crippen molar-refractivity contribution < 1.29 is 18.1 Å². The lowest BCUT2D eigenvalue weighted by atomic mass is 10.1. The molecule has 0 atom stereocenters. The first kappa shape index (κ1) is 11.7. The van der Waals surface area contributed by atoms with E-state index in [9.17, 15) is 13.5 Å². The van der Waals surface area contributed by atoms with Gasteiger partial charge in [0.2, 0.25) is 0 Å². The summed E-state index contributed by atoms with van der Waals surface area (Å²) in [6, 6.07) is 7.48. The van der Waals surface area contributed by atoms with Crippen LogP contribution in [0.4, 0.5) is 5.69 Å². The highest BCUT2D eigenvalue weighted by molar-refractivity contribution is 7.85. The van der Waals surface area contributed by atoms with Crippen molar-refractivity contribution in [3.05, 3.63) is 30.3 Å². The number of aromatic hydroxyl groups is 1. The van der Waals surface area contributed by atoms with Gasteiger partial charge in [-0.25, -0.2) is 0 Å². The summed E-state index contributed by atoms with van der Waals surface area (Å²) < 4.78 is 31.0. The number of benzene rings is 2. The second-order valence-corrected chi connectivity index (χ2v) is 4.99. The van der Waals surface area contributed by atoms with Crippen molar-refractivity contribution in [3.8, 4) is 5.75 Å². The number of rotatable bonds is 2.